The Hall–Kier alpha value is -4.53. The molecule has 9 nitrogen and oxygen atoms in total. The second kappa shape index (κ2) is 11.7. The molecular weight excluding hydrogens is 458 g/mol. The first kappa shape index (κ1) is 26.1. The number of pyridine rings is 1. The van der Waals surface area contributed by atoms with E-state index in [1.807, 2.05) is 64.1 Å². The summed E-state index contributed by atoms with van der Waals surface area (Å²) in [4.78, 5) is 53.7. The van der Waals surface area contributed by atoms with Crippen molar-refractivity contribution in [3.8, 4) is 0 Å². The lowest BCUT2D eigenvalue weighted by Crippen LogP contribution is -2.35. The summed E-state index contributed by atoms with van der Waals surface area (Å²) in [5.41, 5.74) is 5.02. The number of benzene rings is 2. The van der Waals surface area contributed by atoms with E-state index in [4.69, 9.17) is 0 Å². The molecule has 0 radical (unpaired) electrons. The maximum absolute atomic E-state index is 12.5. The topological polar surface area (TPSA) is 129 Å². The monoisotopic (exact) mass is 487 g/mol. The fourth-order valence-corrected chi connectivity index (χ4v) is 3.58. The van der Waals surface area contributed by atoms with Crippen LogP contribution in [0.4, 0.5) is 11.4 Å². The molecule has 36 heavy (non-hydrogen) atoms. The smallest absolute Gasteiger partial charge is 0.270 e. The van der Waals surface area contributed by atoms with Crippen molar-refractivity contribution in [1.29, 1.82) is 0 Å². The van der Waals surface area contributed by atoms with Gasteiger partial charge >= 0.3 is 0 Å². The summed E-state index contributed by atoms with van der Waals surface area (Å²) < 4.78 is 0. The van der Waals surface area contributed by atoms with Crippen LogP contribution < -0.4 is 21.3 Å². The van der Waals surface area contributed by atoms with E-state index in [0.717, 1.165) is 22.3 Å². The van der Waals surface area contributed by atoms with Gasteiger partial charge in [-0.15, -0.1) is 0 Å². The summed E-state index contributed by atoms with van der Waals surface area (Å²) in [6, 6.07) is 15.7. The fraction of sp³-hybridized carbons (Fsp3) is 0.222. The number of hydrogen-bond acceptors (Lipinski definition) is 5. The summed E-state index contributed by atoms with van der Waals surface area (Å²) >= 11 is 0. The first-order valence-corrected chi connectivity index (χ1v) is 11.4. The number of hydrogen-bond donors (Lipinski definition) is 4. The lowest BCUT2D eigenvalue weighted by atomic mass is 10.1. The Balaban J connectivity index is 1.53. The molecule has 186 valence electrons. The Kier molecular flexibility index (Phi) is 8.51. The second-order valence-corrected chi connectivity index (χ2v) is 8.40. The van der Waals surface area contributed by atoms with Crippen LogP contribution in [-0.4, -0.2) is 41.7 Å². The van der Waals surface area contributed by atoms with Gasteiger partial charge in [0.15, 0.2) is 0 Å². The number of nitrogens with zero attached hydrogens (tertiary/aromatic N) is 1. The summed E-state index contributed by atoms with van der Waals surface area (Å²) in [5.74, 6) is -1.97. The van der Waals surface area contributed by atoms with Crippen LogP contribution in [0.3, 0.4) is 0 Å². The van der Waals surface area contributed by atoms with Crippen LogP contribution in [0.25, 0.3) is 0 Å². The van der Waals surface area contributed by atoms with E-state index in [0.29, 0.717) is 11.4 Å². The zero-order valence-corrected chi connectivity index (χ0v) is 20.7. The normalized spacial score (nSPS) is 10.3. The number of carbonyl (C=O) groups excluding carboxylic acids is 4. The van der Waals surface area contributed by atoms with E-state index in [2.05, 4.69) is 26.3 Å². The molecule has 4 amide bonds. The highest BCUT2D eigenvalue weighted by atomic mass is 16.2. The average molecular weight is 488 g/mol. The van der Waals surface area contributed by atoms with Gasteiger partial charge in [0.05, 0.1) is 13.1 Å². The van der Waals surface area contributed by atoms with E-state index in [-0.39, 0.29) is 36.3 Å². The van der Waals surface area contributed by atoms with E-state index in [1.54, 1.807) is 0 Å². The molecule has 9 heteroatoms. The lowest BCUT2D eigenvalue weighted by molar-refractivity contribution is -0.116. The number of aryl methyl sites for hydroxylation is 4. The van der Waals surface area contributed by atoms with Gasteiger partial charge in [-0.2, -0.15) is 0 Å². The molecule has 0 saturated carbocycles. The fourth-order valence-electron chi connectivity index (χ4n) is 3.58. The number of aromatic nitrogens is 1. The largest absolute Gasteiger partial charge is 0.342 e. The van der Waals surface area contributed by atoms with Crippen molar-refractivity contribution < 1.29 is 19.2 Å². The number of rotatable bonds is 8. The van der Waals surface area contributed by atoms with Crippen LogP contribution in [0.2, 0.25) is 0 Å². The van der Waals surface area contributed by atoms with Crippen molar-refractivity contribution in [1.82, 2.24) is 15.6 Å². The predicted molar refractivity (Wildman–Crippen MR) is 138 cm³/mol. The van der Waals surface area contributed by atoms with Crippen molar-refractivity contribution >= 4 is 35.0 Å². The van der Waals surface area contributed by atoms with Gasteiger partial charge in [0, 0.05) is 11.4 Å². The van der Waals surface area contributed by atoms with Crippen molar-refractivity contribution in [3.63, 3.8) is 0 Å². The van der Waals surface area contributed by atoms with Crippen LogP contribution in [0.1, 0.15) is 43.2 Å². The standard InChI is InChI=1S/C27H29N5O4/c1-16-8-5-9-17(2)24(16)31-22(33)14-28-26(35)20-12-7-13-21(30-20)27(36)29-15-23(34)32-25-18(3)10-6-11-19(25)4/h5-13H,14-15H2,1-4H3,(H,28,35)(H,29,36)(H,31,33)(H,32,34). The highest BCUT2D eigenvalue weighted by molar-refractivity contribution is 6.01. The van der Waals surface area contributed by atoms with Gasteiger partial charge in [0.2, 0.25) is 11.8 Å². The quantitative estimate of drug-likeness (QED) is 0.388. The zero-order valence-electron chi connectivity index (χ0n) is 20.7. The van der Waals surface area contributed by atoms with Gasteiger partial charge in [-0.05, 0) is 62.1 Å². The molecule has 0 spiro atoms. The van der Waals surface area contributed by atoms with Crippen LogP contribution in [0.15, 0.2) is 54.6 Å². The van der Waals surface area contributed by atoms with Gasteiger partial charge in [-0.3, -0.25) is 19.2 Å². The Morgan fingerprint density at radius 1 is 0.583 bits per heavy atom. The third-order valence-corrected chi connectivity index (χ3v) is 5.52. The third kappa shape index (κ3) is 6.75. The molecular formula is C27H29N5O4. The van der Waals surface area contributed by atoms with Crippen LogP contribution >= 0.6 is 0 Å². The average Bonchev–Trinajstić information content (AvgIpc) is 2.85. The van der Waals surface area contributed by atoms with Crippen molar-refractivity contribution in [3.05, 3.63) is 88.2 Å². The Morgan fingerprint density at radius 2 is 0.917 bits per heavy atom. The molecule has 1 heterocycles. The molecule has 0 aliphatic carbocycles. The predicted octanol–water partition coefficient (Wildman–Crippen LogP) is 3.05. The molecule has 4 N–H and O–H groups in total. The molecule has 0 saturated heterocycles. The van der Waals surface area contributed by atoms with Crippen molar-refractivity contribution in [2.45, 2.75) is 27.7 Å². The molecule has 0 atom stereocenters. The summed E-state index contributed by atoms with van der Waals surface area (Å²) in [6.07, 6.45) is 0. The maximum atomic E-state index is 12.5. The van der Waals surface area contributed by atoms with Gasteiger partial charge < -0.3 is 21.3 Å². The molecule has 3 rings (SSSR count). The SMILES string of the molecule is Cc1cccc(C)c1NC(=O)CNC(=O)c1cccc(C(=O)NCC(=O)Nc2c(C)cccc2C)n1. The van der Waals surface area contributed by atoms with Gasteiger partial charge in [0.25, 0.3) is 11.8 Å². The minimum Gasteiger partial charge on any atom is -0.342 e. The van der Waals surface area contributed by atoms with Gasteiger partial charge in [0.1, 0.15) is 11.4 Å². The molecule has 3 aromatic rings. The lowest BCUT2D eigenvalue weighted by Gasteiger charge is -2.12. The number of nitrogens with one attached hydrogen (secondary N) is 4. The molecule has 0 bridgehead atoms. The number of anilines is 2. The number of para-hydroxylation sites is 2. The minimum absolute atomic E-state index is 0.0255. The first-order valence-electron chi connectivity index (χ1n) is 11.4. The molecule has 0 aliphatic rings. The van der Waals surface area contributed by atoms with Gasteiger partial charge in [-0.1, -0.05) is 42.5 Å². The Morgan fingerprint density at radius 3 is 1.28 bits per heavy atom. The maximum Gasteiger partial charge on any atom is 0.270 e. The van der Waals surface area contributed by atoms with Gasteiger partial charge in [-0.25, -0.2) is 4.98 Å². The highest BCUT2D eigenvalue weighted by Gasteiger charge is 2.15. The van der Waals surface area contributed by atoms with Crippen molar-refractivity contribution in [2.75, 3.05) is 23.7 Å². The third-order valence-electron chi connectivity index (χ3n) is 5.52. The Bertz CT molecular complexity index is 1180. The number of amides is 4. The second-order valence-electron chi connectivity index (χ2n) is 8.40. The molecule has 2 aromatic carbocycles. The summed E-state index contributed by atoms with van der Waals surface area (Å²) in [6.45, 7) is 7.01. The summed E-state index contributed by atoms with van der Waals surface area (Å²) in [5, 5.41) is 10.6. The number of carbonyl (C=O) groups is 4. The Labute approximate surface area is 209 Å². The molecule has 1 aromatic heterocycles. The van der Waals surface area contributed by atoms with Crippen molar-refractivity contribution in [2.24, 2.45) is 0 Å². The summed E-state index contributed by atoms with van der Waals surface area (Å²) in [7, 11) is 0. The van der Waals surface area contributed by atoms with Crippen LogP contribution in [0, 0.1) is 27.7 Å². The van der Waals surface area contributed by atoms with Crippen LogP contribution in [-0.2, 0) is 9.59 Å². The molecule has 0 unspecified atom stereocenters. The minimum atomic E-state index is -0.603. The van der Waals surface area contributed by atoms with E-state index < -0.39 is 11.8 Å². The molecule has 0 fully saturated rings. The van der Waals surface area contributed by atoms with E-state index in [9.17, 15) is 19.2 Å². The highest BCUT2D eigenvalue weighted by Crippen LogP contribution is 2.20. The van der Waals surface area contributed by atoms with E-state index >= 15 is 0 Å². The zero-order chi connectivity index (χ0) is 26.2. The molecule has 0 aliphatic heterocycles. The van der Waals surface area contributed by atoms with Crippen LogP contribution in [0.5, 0.6) is 0 Å². The van der Waals surface area contributed by atoms with E-state index in [1.165, 1.54) is 18.2 Å². The first-order chi connectivity index (χ1) is 17.2.